The molecule has 1 saturated heterocycles. The number of alkyl halides is 3. The molecule has 0 amide bonds. The topological polar surface area (TPSA) is 80.8 Å². The van der Waals surface area contributed by atoms with Crippen molar-refractivity contribution in [3.05, 3.63) is 64.7 Å². The van der Waals surface area contributed by atoms with E-state index in [0.29, 0.717) is 24.7 Å². The van der Waals surface area contributed by atoms with E-state index in [9.17, 15) is 31.2 Å². The number of esters is 1. The zero-order valence-electron chi connectivity index (χ0n) is 17.3. The maximum Gasteiger partial charge on any atom is 0.416 e. The molecule has 2 aromatic rings. The number of sulfonamides is 1. The molecule has 1 heterocycles. The number of hydrogen-bond acceptors (Lipinski definition) is 5. The van der Waals surface area contributed by atoms with Gasteiger partial charge in [-0.15, -0.1) is 0 Å². The first-order valence-electron chi connectivity index (χ1n) is 9.98. The SMILES string of the molecule is Cc1ccc(C(=O)OCC(=O)c2cccc(C(F)(F)F)c2)cc1S(=O)(=O)N1CCCCC1. The average Bonchev–Trinajstić information content (AvgIpc) is 2.77. The molecule has 172 valence electrons. The highest BCUT2D eigenvalue weighted by Crippen LogP contribution is 2.29. The molecule has 1 aliphatic rings. The fraction of sp³-hybridized carbons (Fsp3) is 0.364. The summed E-state index contributed by atoms with van der Waals surface area (Å²) >= 11 is 0. The lowest BCUT2D eigenvalue weighted by molar-refractivity contribution is -0.137. The maximum absolute atomic E-state index is 13.0. The highest BCUT2D eigenvalue weighted by molar-refractivity contribution is 7.89. The third-order valence-electron chi connectivity index (χ3n) is 5.20. The van der Waals surface area contributed by atoms with Crippen LogP contribution in [0.4, 0.5) is 13.2 Å². The van der Waals surface area contributed by atoms with Crippen molar-refractivity contribution in [2.24, 2.45) is 0 Å². The zero-order chi connectivity index (χ0) is 23.5. The van der Waals surface area contributed by atoms with Crippen LogP contribution in [0, 0.1) is 6.92 Å². The molecule has 1 aliphatic heterocycles. The van der Waals surface area contributed by atoms with Crippen molar-refractivity contribution in [2.75, 3.05) is 19.7 Å². The van der Waals surface area contributed by atoms with E-state index in [1.807, 2.05) is 0 Å². The van der Waals surface area contributed by atoms with E-state index in [1.165, 1.54) is 28.6 Å². The van der Waals surface area contributed by atoms with Crippen molar-refractivity contribution in [3.63, 3.8) is 0 Å². The number of halogens is 3. The smallest absolute Gasteiger partial charge is 0.416 e. The van der Waals surface area contributed by atoms with Crippen LogP contribution in [0.2, 0.25) is 0 Å². The van der Waals surface area contributed by atoms with Crippen LogP contribution in [-0.2, 0) is 20.9 Å². The Kier molecular flexibility index (Phi) is 7.04. The lowest BCUT2D eigenvalue weighted by Gasteiger charge is -2.26. The largest absolute Gasteiger partial charge is 0.454 e. The zero-order valence-corrected chi connectivity index (χ0v) is 18.1. The molecule has 6 nitrogen and oxygen atoms in total. The number of piperidine rings is 1. The van der Waals surface area contributed by atoms with E-state index in [2.05, 4.69) is 0 Å². The number of benzene rings is 2. The van der Waals surface area contributed by atoms with Gasteiger partial charge in [0.25, 0.3) is 0 Å². The van der Waals surface area contributed by atoms with Gasteiger partial charge >= 0.3 is 12.1 Å². The minimum absolute atomic E-state index is 0.0157. The minimum atomic E-state index is -4.61. The van der Waals surface area contributed by atoms with Crippen molar-refractivity contribution in [1.29, 1.82) is 0 Å². The van der Waals surface area contributed by atoms with Crippen LogP contribution >= 0.6 is 0 Å². The highest BCUT2D eigenvalue weighted by Gasteiger charge is 2.31. The Balaban J connectivity index is 1.73. The number of hydrogen-bond donors (Lipinski definition) is 0. The van der Waals surface area contributed by atoms with Crippen molar-refractivity contribution in [1.82, 2.24) is 4.31 Å². The van der Waals surface area contributed by atoms with Gasteiger partial charge in [0, 0.05) is 18.7 Å². The first-order chi connectivity index (χ1) is 15.0. The van der Waals surface area contributed by atoms with Crippen LogP contribution in [0.15, 0.2) is 47.4 Å². The Morgan fingerprint density at radius 3 is 2.34 bits per heavy atom. The third-order valence-corrected chi connectivity index (χ3v) is 7.24. The molecule has 2 aromatic carbocycles. The summed E-state index contributed by atoms with van der Waals surface area (Å²) in [7, 11) is -3.79. The van der Waals surface area contributed by atoms with Crippen LogP contribution in [0.3, 0.4) is 0 Å². The average molecular weight is 469 g/mol. The summed E-state index contributed by atoms with van der Waals surface area (Å²) in [5.74, 6) is -1.75. The second-order valence-electron chi connectivity index (χ2n) is 7.52. The van der Waals surface area contributed by atoms with Crippen molar-refractivity contribution >= 4 is 21.8 Å². The van der Waals surface area contributed by atoms with Crippen LogP contribution < -0.4 is 0 Å². The first kappa shape index (κ1) is 23.9. The minimum Gasteiger partial charge on any atom is -0.454 e. The van der Waals surface area contributed by atoms with Crippen LogP contribution in [0.5, 0.6) is 0 Å². The summed E-state index contributed by atoms with van der Waals surface area (Å²) in [4.78, 5) is 24.6. The lowest BCUT2D eigenvalue weighted by Crippen LogP contribution is -2.36. The Bertz CT molecular complexity index is 1120. The number of ketones is 1. The van der Waals surface area contributed by atoms with Gasteiger partial charge in [-0.25, -0.2) is 13.2 Å². The lowest BCUT2D eigenvalue weighted by atomic mass is 10.1. The van der Waals surface area contributed by atoms with E-state index in [1.54, 1.807) is 6.92 Å². The van der Waals surface area contributed by atoms with E-state index < -0.39 is 40.1 Å². The fourth-order valence-corrected chi connectivity index (χ4v) is 5.18. The standard InChI is InChI=1S/C22H22F3NO5S/c1-15-8-9-17(13-20(15)32(29,30)26-10-3-2-4-11-26)21(28)31-14-19(27)16-6-5-7-18(12-16)22(23,24)25/h5-9,12-13H,2-4,10-11,14H2,1H3. The maximum atomic E-state index is 13.0. The molecular weight excluding hydrogens is 447 g/mol. The van der Waals surface area contributed by atoms with Gasteiger partial charge in [0.2, 0.25) is 10.0 Å². The molecule has 0 atom stereocenters. The quantitative estimate of drug-likeness (QED) is 0.467. The number of aryl methyl sites for hydroxylation is 1. The molecule has 0 aromatic heterocycles. The number of Topliss-reactive ketones (excluding diaryl/α,β-unsaturated/α-hetero) is 1. The summed E-state index contributed by atoms with van der Waals surface area (Å²) in [6.45, 7) is 1.65. The van der Waals surface area contributed by atoms with Crippen molar-refractivity contribution in [2.45, 2.75) is 37.3 Å². The monoisotopic (exact) mass is 469 g/mol. The Morgan fingerprint density at radius 1 is 1.00 bits per heavy atom. The second kappa shape index (κ2) is 9.41. The molecule has 3 rings (SSSR count). The second-order valence-corrected chi connectivity index (χ2v) is 9.43. The molecule has 0 saturated carbocycles. The Hall–Kier alpha value is -2.72. The van der Waals surface area contributed by atoms with Crippen LogP contribution in [0.25, 0.3) is 0 Å². The molecule has 0 bridgehead atoms. The summed E-state index contributed by atoms with van der Waals surface area (Å²) in [6.07, 6.45) is -2.13. The van der Waals surface area contributed by atoms with E-state index >= 15 is 0 Å². The molecule has 0 N–H and O–H groups in total. The Morgan fingerprint density at radius 2 is 1.69 bits per heavy atom. The predicted molar refractivity (Wildman–Crippen MR) is 110 cm³/mol. The molecule has 0 spiro atoms. The van der Waals surface area contributed by atoms with Gasteiger partial charge in [-0.2, -0.15) is 17.5 Å². The van der Waals surface area contributed by atoms with Gasteiger partial charge in [0.1, 0.15) is 0 Å². The number of carbonyl (C=O) groups excluding carboxylic acids is 2. The van der Waals surface area contributed by atoms with Gasteiger partial charge in [-0.05, 0) is 49.6 Å². The number of carbonyl (C=O) groups is 2. The van der Waals surface area contributed by atoms with Crippen LogP contribution in [0.1, 0.15) is 51.1 Å². The number of ether oxygens (including phenoxy) is 1. The first-order valence-corrected chi connectivity index (χ1v) is 11.4. The summed E-state index contributed by atoms with van der Waals surface area (Å²) in [5.41, 5.74) is -0.833. The highest BCUT2D eigenvalue weighted by atomic mass is 32.2. The number of rotatable bonds is 6. The van der Waals surface area contributed by atoms with Gasteiger partial charge in [-0.1, -0.05) is 24.6 Å². The normalized spacial score (nSPS) is 15.4. The van der Waals surface area contributed by atoms with Gasteiger partial charge in [0.15, 0.2) is 12.4 Å². The molecule has 32 heavy (non-hydrogen) atoms. The molecule has 0 radical (unpaired) electrons. The third kappa shape index (κ3) is 5.36. The molecule has 1 fully saturated rings. The van der Waals surface area contributed by atoms with Crippen molar-refractivity contribution in [3.8, 4) is 0 Å². The predicted octanol–water partition coefficient (Wildman–Crippen LogP) is 4.23. The van der Waals surface area contributed by atoms with Crippen LogP contribution in [-0.4, -0.2) is 44.2 Å². The van der Waals surface area contributed by atoms with Gasteiger partial charge in [0.05, 0.1) is 16.0 Å². The van der Waals surface area contributed by atoms with E-state index in [-0.39, 0.29) is 16.0 Å². The summed E-state index contributed by atoms with van der Waals surface area (Å²) < 4.78 is 70.7. The number of nitrogens with zero attached hydrogens (tertiary/aromatic N) is 1. The van der Waals surface area contributed by atoms with E-state index in [4.69, 9.17) is 4.74 Å². The molecule has 10 heteroatoms. The fourth-order valence-electron chi connectivity index (χ4n) is 3.42. The van der Waals surface area contributed by atoms with E-state index in [0.717, 1.165) is 31.4 Å². The summed E-state index contributed by atoms with van der Waals surface area (Å²) in [5, 5.41) is 0. The van der Waals surface area contributed by atoms with Crippen molar-refractivity contribution < 1.29 is 35.9 Å². The van der Waals surface area contributed by atoms with Gasteiger partial charge in [-0.3, -0.25) is 4.79 Å². The Labute approximate surface area is 184 Å². The molecule has 0 unspecified atom stereocenters. The summed E-state index contributed by atoms with van der Waals surface area (Å²) in [6, 6.07) is 7.86. The van der Waals surface area contributed by atoms with Gasteiger partial charge < -0.3 is 4.74 Å². The molecule has 0 aliphatic carbocycles. The molecular formula is C22H22F3NO5S.